The van der Waals surface area contributed by atoms with E-state index in [1.807, 2.05) is 0 Å². The van der Waals surface area contributed by atoms with Crippen LogP contribution in [0.15, 0.2) is 47.3 Å². The van der Waals surface area contributed by atoms with Crippen LogP contribution in [0.2, 0.25) is 0 Å². The van der Waals surface area contributed by atoms with Crippen LogP contribution in [0.1, 0.15) is 11.1 Å². The highest BCUT2D eigenvalue weighted by Gasteiger charge is 2.24. The standard InChI is InChI=1S/C15H13N3O3/c1-18-9-10(8-16-18)7-13-15(19)21-14(17-13)11-3-5-12(20-2)6-4-11/h3-9H,1-2H3/b13-7+. The maximum atomic E-state index is 11.8. The van der Waals surface area contributed by atoms with E-state index in [-0.39, 0.29) is 11.6 Å². The van der Waals surface area contributed by atoms with Crippen molar-refractivity contribution in [3.05, 3.63) is 53.5 Å². The van der Waals surface area contributed by atoms with Crippen molar-refractivity contribution >= 4 is 17.9 Å². The highest BCUT2D eigenvalue weighted by atomic mass is 16.6. The molecule has 0 aliphatic carbocycles. The SMILES string of the molecule is COc1ccc(C2=N/C(=C/c3cnn(C)c3)C(=O)O2)cc1. The molecule has 21 heavy (non-hydrogen) atoms. The van der Waals surface area contributed by atoms with Gasteiger partial charge in [0.05, 0.1) is 13.3 Å². The minimum atomic E-state index is -0.468. The number of carbonyl (C=O) groups is 1. The second kappa shape index (κ2) is 5.24. The molecule has 1 aliphatic rings. The van der Waals surface area contributed by atoms with Gasteiger partial charge >= 0.3 is 5.97 Å². The van der Waals surface area contributed by atoms with Crippen LogP contribution >= 0.6 is 0 Å². The Labute approximate surface area is 121 Å². The Bertz CT molecular complexity index is 742. The zero-order chi connectivity index (χ0) is 14.8. The summed E-state index contributed by atoms with van der Waals surface area (Å²) in [5.41, 5.74) is 1.77. The highest BCUT2D eigenvalue weighted by molar-refractivity contribution is 6.12. The van der Waals surface area contributed by atoms with Crippen LogP contribution in [-0.4, -0.2) is 28.8 Å². The molecule has 0 saturated heterocycles. The van der Waals surface area contributed by atoms with Gasteiger partial charge in [0.25, 0.3) is 0 Å². The van der Waals surface area contributed by atoms with E-state index in [9.17, 15) is 4.79 Å². The molecule has 1 aliphatic heterocycles. The maximum Gasteiger partial charge on any atom is 0.363 e. The normalized spacial score (nSPS) is 16.0. The number of aryl methyl sites for hydroxylation is 1. The zero-order valence-corrected chi connectivity index (χ0v) is 11.6. The number of ether oxygens (including phenoxy) is 2. The number of carbonyl (C=O) groups excluding carboxylic acids is 1. The number of benzene rings is 1. The fourth-order valence-corrected chi connectivity index (χ4v) is 1.94. The predicted octanol–water partition coefficient (Wildman–Crippen LogP) is 1.77. The van der Waals surface area contributed by atoms with Crippen molar-refractivity contribution in [2.24, 2.45) is 12.0 Å². The molecule has 2 aromatic rings. The predicted molar refractivity (Wildman–Crippen MR) is 76.8 cm³/mol. The first kappa shape index (κ1) is 13.1. The van der Waals surface area contributed by atoms with Gasteiger partial charge in [-0.3, -0.25) is 4.68 Å². The number of hydrogen-bond acceptors (Lipinski definition) is 5. The first-order valence-electron chi connectivity index (χ1n) is 6.31. The van der Waals surface area contributed by atoms with E-state index < -0.39 is 5.97 Å². The monoisotopic (exact) mass is 283 g/mol. The molecule has 0 unspecified atom stereocenters. The second-order valence-electron chi connectivity index (χ2n) is 4.51. The molecule has 0 saturated carbocycles. The van der Waals surface area contributed by atoms with Gasteiger partial charge in [-0.2, -0.15) is 5.10 Å². The van der Waals surface area contributed by atoms with Gasteiger partial charge in [0, 0.05) is 24.4 Å². The lowest BCUT2D eigenvalue weighted by atomic mass is 10.2. The van der Waals surface area contributed by atoms with E-state index in [2.05, 4.69) is 10.1 Å². The number of rotatable bonds is 3. The van der Waals surface area contributed by atoms with Crippen molar-refractivity contribution in [3.63, 3.8) is 0 Å². The summed E-state index contributed by atoms with van der Waals surface area (Å²) in [7, 11) is 3.40. The third-order valence-electron chi connectivity index (χ3n) is 2.99. The summed E-state index contributed by atoms with van der Waals surface area (Å²) in [6.07, 6.45) is 5.09. The van der Waals surface area contributed by atoms with Crippen LogP contribution in [-0.2, 0) is 16.6 Å². The average Bonchev–Trinajstić information content (AvgIpc) is 3.06. The van der Waals surface area contributed by atoms with Crippen molar-refractivity contribution in [2.45, 2.75) is 0 Å². The lowest BCUT2D eigenvalue weighted by molar-refractivity contribution is -0.129. The molecule has 106 valence electrons. The van der Waals surface area contributed by atoms with E-state index >= 15 is 0 Å². The minimum absolute atomic E-state index is 0.258. The Morgan fingerprint density at radius 1 is 1.29 bits per heavy atom. The molecular weight excluding hydrogens is 270 g/mol. The molecule has 0 bridgehead atoms. The Kier molecular flexibility index (Phi) is 3.27. The van der Waals surface area contributed by atoms with Gasteiger partial charge in [0.1, 0.15) is 5.75 Å². The Balaban J connectivity index is 1.89. The Hall–Kier alpha value is -2.89. The molecule has 6 nitrogen and oxygen atoms in total. The van der Waals surface area contributed by atoms with Crippen LogP contribution < -0.4 is 4.74 Å². The molecule has 0 amide bonds. The van der Waals surface area contributed by atoms with Crippen LogP contribution in [0.5, 0.6) is 5.75 Å². The van der Waals surface area contributed by atoms with Gasteiger partial charge in [-0.15, -0.1) is 0 Å². The van der Waals surface area contributed by atoms with Gasteiger partial charge in [-0.05, 0) is 30.3 Å². The van der Waals surface area contributed by atoms with Gasteiger partial charge in [-0.1, -0.05) is 0 Å². The van der Waals surface area contributed by atoms with E-state index in [1.54, 1.807) is 61.6 Å². The van der Waals surface area contributed by atoms with Crippen LogP contribution in [0.4, 0.5) is 0 Å². The first-order valence-corrected chi connectivity index (χ1v) is 6.31. The number of methoxy groups -OCH3 is 1. The van der Waals surface area contributed by atoms with Crippen molar-refractivity contribution in [2.75, 3.05) is 7.11 Å². The second-order valence-corrected chi connectivity index (χ2v) is 4.51. The van der Waals surface area contributed by atoms with Gasteiger partial charge < -0.3 is 9.47 Å². The van der Waals surface area contributed by atoms with Gasteiger partial charge in [-0.25, -0.2) is 9.79 Å². The molecule has 0 radical (unpaired) electrons. The quantitative estimate of drug-likeness (QED) is 0.636. The molecule has 3 rings (SSSR count). The van der Waals surface area contributed by atoms with Crippen molar-refractivity contribution in [1.82, 2.24) is 9.78 Å². The molecule has 2 heterocycles. The van der Waals surface area contributed by atoms with Crippen molar-refractivity contribution < 1.29 is 14.3 Å². The summed E-state index contributed by atoms with van der Waals surface area (Å²) in [6, 6.07) is 7.15. The summed E-state index contributed by atoms with van der Waals surface area (Å²) in [6.45, 7) is 0. The summed E-state index contributed by atoms with van der Waals surface area (Å²) >= 11 is 0. The molecule has 6 heteroatoms. The number of aliphatic imine (C=N–C) groups is 1. The molecule has 0 atom stereocenters. The molecule has 0 N–H and O–H groups in total. The van der Waals surface area contributed by atoms with Crippen LogP contribution in [0.3, 0.4) is 0 Å². The van der Waals surface area contributed by atoms with Gasteiger partial charge in [0.15, 0.2) is 5.70 Å². The van der Waals surface area contributed by atoms with Crippen LogP contribution in [0, 0.1) is 0 Å². The third-order valence-corrected chi connectivity index (χ3v) is 2.99. The maximum absolute atomic E-state index is 11.8. The summed E-state index contributed by atoms with van der Waals surface area (Å²) in [4.78, 5) is 16.1. The topological polar surface area (TPSA) is 65.7 Å². The molecule has 1 aromatic heterocycles. The zero-order valence-electron chi connectivity index (χ0n) is 11.6. The largest absolute Gasteiger partial charge is 0.497 e. The van der Waals surface area contributed by atoms with Crippen LogP contribution in [0.25, 0.3) is 6.08 Å². The highest BCUT2D eigenvalue weighted by Crippen LogP contribution is 2.20. The van der Waals surface area contributed by atoms with E-state index in [0.717, 1.165) is 16.9 Å². The molecule has 1 aromatic carbocycles. The number of cyclic esters (lactones) is 1. The Morgan fingerprint density at radius 3 is 2.67 bits per heavy atom. The number of hydrogen-bond donors (Lipinski definition) is 0. The lowest BCUT2D eigenvalue weighted by Crippen LogP contribution is -2.05. The summed E-state index contributed by atoms with van der Waals surface area (Å²) in [5.74, 6) is 0.553. The third kappa shape index (κ3) is 2.69. The summed E-state index contributed by atoms with van der Waals surface area (Å²) < 4.78 is 11.9. The smallest absolute Gasteiger partial charge is 0.363 e. The number of nitrogens with zero attached hydrogens (tertiary/aromatic N) is 3. The van der Waals surface area contributed by atoms with Crippen molar-refractivity contribution in [1.29, 1.82) is 0 Å². The molecule has 0 spiro atoms. The first-order chi connectivity index (χ1) is 10.2. The fraction of sp³-hybridized carbons (Fsp3) is 0.133. The molecule has 0 fully saturated rings. The summed E-state index contributed by atoms with van der Waals surface area (Å²) in [5, 5.41) is 4.04. The fourth-order valence-electron chi connectivity index (χ4n) is 1.94. The Morgan fingerprint density at radius 2 is 2.05 bits per heavy atom. The van der Waals surface area contributed by atoms with E-state index in [4.69, 9.17) is 9.47 Å². The number of aromatic nitrogens is 2. The average molecular weight is 283 g/mol. The number of esters is 1. The minimum Gasteiger partial charge on any atom is -0.497 e. The van der Waals surface area contributed by atoms with Gasteiger partial charge in [0.2, 0.25) is 5.90 Å². The van der Waals surface area contributed by atoms with E-state index in [1.165, 1.54) is 0 Å². The lowest BCUT2D eigenvalue weighted by Gasteiger charge is -2.01. The van der Waals surface area contributed by atoms with E-state index in [0.29, 0.717) is 0 Å². The van der Waals surface area contributed by atoms with Crippen molar-refractivity contribution in [3.8, 4) is 5.75 Å². The molecular formula is C15H13N3O3.